The number of ether oxygens (including phenoxy) is 1. The quantitative estimate of drug-likeness (QED) is 0.777. The minimum absolute atomic E-state index is 0.189. The van der Waals surface area contributed by atoms with Gasteiger partial charge in [-0.2, -0.15) is 5.26 Å². The smallest absolute Gasteiger partial charge is 0.412 e. The second kappa shape index (κ2) is 7.85. The van der Waals surface area contributed by atoms with Gasteiger partial charge in [0.25, 0.3) is 0 Å². The van der Waals surface area contributed by atoms with Crippen LogP contribution in [0.5, 0.6) is 0 Å². The predicted molar refractivity (Wildman–Crippen MR) is 100 cm³/mol. The molecule has 2 rings (SSSR count). The van der Waals surface area contributed by atoms with Crippen molar-refractivity contribution < 1.29 is 9.53 Å². The molecule has 2 aromatic rings. The van der Waals surface area contributed by atoms with Crippen LogP contribution in [0.15, 0.2) is 48.5 Å². The molecule has 0 aliphatic carbocycles. The van der Waals surface area contributed by atoms with Crippen LogP contribution in [-0.2, 0) is 4.74 Å². The summed E-state index contributed by atoms with van der Waals surface area (Å²) in [6, 6.07) is 17.7. The Bertz CT molecular complexity index is 785. The van der Waals surface area contributed by atoms with E-state index in [1.807, 2.05) is 76.2 Å². The normalized spacial score (nSPS) is 12.1. The molecule has 0 heterocycles. The van der Waals surface area contributed by atoms with E-state index in [0.29, 0.717) is 5.69 Å². The van der Waals surface area contributed by atoms with Gasteiger partial charge in [0.2, 0.25) is 0 Å². The van der Waals surface area contributed by atoms with Crippen LogP contribution in [-0.4, -0.2) is 11.7 Å². The molecule has 0 bridgehead atoms. The van der Waals surface area contributed by atoms with E-state index >= 15 is 0 Å². The third-order valence-electron chi connectivity index (χ3n) is 3.75. The topological polar surface area (TPSA) is 62.1 Å². The first-order valence-corrected chi connectivity index (χ1v) is 8.43. The molecule has 130 valence electrons. The van der Waals surface area contributed by atoms with Gasteiger partial charge in [-0.3, -0.25) is 5.32 Å². The zero-order chi connectivity index (χ0) is 18.4. The van der Waals surface area contributed by atoms with Crippen LogP contribution in [0.3, 0.4) is 0 Å². The van der Waals surface area contributed by atoms with Gasteiger partial charge in [-0.15, -0.1) is 0 Å². The third-order valence-corrected chi connectivity index (χ3v) is 3.75. The lowest BCUT2D eigenvalue weighted by molar-refractivity contribution is 0.0636. The highest BCUT2D eigenvalue weighted by molar-refractivity contribution is 5.92. The summed E-state index contributed by atoms with van der Waals surface area (Å²) >= 11 is 0. The number of hydrogen-bond acceptors (Lipinski definition) is 3. The van der Waals surface area contributed by atoms with E-state index < -0.39 is 11.7 Å². The van der Waals surface area contributed by atoms with Crippen LogP contribution >= 0.6 is 0 Å². The van der Waals surface area contributed by atoms with Crippen molar-refractivity contribution in [2.24, 2.45) is 0 Å². The maximum absolute atomic E-state index is 12.2. The highest BCUT2D eigenvalue weighted by Crippen LogP contribution is 2.35. The molecule has 1 unspecified atom stereocenters. The molecular weight excluding hydrogens is 312 g/mol. The van der Waals surface area contributed by atoms with Gasteiger partial charge in [0, 0.05) is 5.56 Å². The van der Waals surface area contributed by atoms with Crippen LogP contribution in [0.25, 0.3) is 11.1 Å². The van der Waals surface area contributed by atoms with E-state index in [4.69, 9.17) is 4.74 Å². The number of benzene rings is 2. The molecule has 0 aliphatic heterocycles. The van der Waals surface area contributed by atoms with Gasteiger partial charge < -0.3 is 4.74 Å². The zero-order valence-electron chi connectivity index (χ0n) is 15.2. The van der Waals surface area contributed by atoms with Crippen molar-refractivity contribution in [2.75, 3.05) is 5.32 Å². The summed E-state index contributed by atoms with van der Waals surface area (Å²) in [6.45, 7) is 7.47. The number of hydrogen-bond donors (Lipinski definition) is 1. The Morgan fingerprint density at radius 3 is 2.32 bits per heavy atom. The molecule has 0 aromatic heterocycles. The van der Waals surface area contributed by atoms with E-state index in [9.17, 15) is 10.1 Å². The maximum Gasteiger partial charge on any atom is 0.412 e. The number of nitrogens with zero attached hydrogens (tertiary/aromatic N) is 1. The third kappa shape index (κ3) is 4.84. The van der Waals surface area contributed by atoms with Crippen molar-refractivity contribution in [3.8, 4) is 17.2 Å². The number of nitrogens with one attached hydrogen (secondary N) is 1. The SMILES string of the molecule is CCC(C#N)c1ccccc1-c1ccccc1NC(=O)OC(C)(C)C. The van der Waals surface area contributed by atoms with Gasteiger partial charge in [-0.05, 0) is 44.4 Å². The van der Waals surface area contributed by atoms with Crippen LogP contribution in [0.2, 0.25) is 0 Å². The lowest BCUT2D eigenvalue weighted by atomic mass is 9.89. The Hall–Kier alpha value is -2.80. The minimum atomic E-state index is -0.564. The Morgan fingerprint density at radius 1 is 1.12 bits per heavy atom. The zero-order valence-corrected chi connectivity index (χ0v) is 15.2. The van der Waals surface area contributed by atoms with E-state index in [2.05, 4.69) is 11.4 Å². The first-order chi connectivity index (χ1) is 11.9. The number of carbonyl (C=O) groups is 1. The molecule has 1 amide bonds. The van der Waals surface area contributed by atoms with Crippen LogP contribution < -0.4 is 5.32 Å². The second-order valence-corrected chi connectivity index (χ2v) is 6.85. The Morgan fingerprint density at radius 2 is 1.72 bits per heavy atom. The van der Waals surface area contributed by atoms with Gasteiger partial charge in [0.15, 0.2) is 0 Å². The van der Waals surface area contributed by atoms with Crippen molar-refractivity contribution in [1.29, 1.82) is 5.26 Å². The van der Waals surface area contributed by atoms with Crippen molar-refractivity contribution in [3.05, 3.63) is 54.1 Å². The van der Waals surface area contributed by atoms with Gasteiger partial charge in [0.1, 0.15) is 5.60 Å². The molecule has 0 saturated heterocycles. The largest absolute Gasteiger partial charge is 0.444 e. The van der Waals surface area contributed by atoms with Gasteiger partial charge in [0.05, 0.1) is 17.7 Å². The van der Waals surface area contributed by atoms with Crippen molar-refractivity contribution in [2.45, 2.75) is 45.6 Å². The van der Waals surface area contributed by atoms with Gasteiger partial charge >= 0.3 is 6.09 Å². The van der Waals surface area contributed by atoms with Gasteiger partial charge in [-0.1, -0.05) is 49.4 Å². The van der Waals surface area contributed by atoms with Crippen molar-refractivity contribution >= 4 is 11.8 Å². The number of rotatable bonds is 4. The number of nitriles is 1. The standard InChI is InChI=1S/C21H24N2O2/c1-5-15(14-22)16-10-6-7-11-17(16)18-12-8-9-13-19(18)23-20(24)25-21(2,3)4/h6-13,15H,5H2,1-4H3,(H,23,24). The summed E-state index contributed by atoms with van der Waals surface area (Å²) in [4.78, 5) is 12.2. The summed E-state index contributed by atoms with van der Waals surface area (Å²) in [5.41, 5.74) is 2.88. The first-order valence-electron chi connectivity index (χ1n) is 8.43. The van der Waals surface area contributed by atoms with Crippen LogP contribution in [0.4, 0.5) is 10.5 Å². The highest BCUT2D eigenvalue weighted by atomic mass is 16.6. The Balaban J connectivity index is 2.43. The molecule has 25 heavy (non-hydrogen) atoms. The molecule has 0 aliphatic rings. The van der Waals surface area contributed by atoms with Gasteiger partial charge in [-0.25, -0.2) is 4.79 Å². The van der Waals surface area contributed by atoms with Crippen molar-refractivity contribution in [3.63, 3.8) is 0 Å². The van der Waals surface area contributed by atoms with E-state index in [1.165, 1.54) is 0 Å². The lowest BCUT2D eigenvalue weighted by Crippen LogP contribution is -2.27. The molecular formula is C21H24N2O2. The molecule has 0 saturated carbocycles. The fourth-order valence-corrected chi connectivity index (χ4v) is 2.67. The summed E-state index contributed by atoms with van der Waals surface area (Å²) in [6.07, 6.45) is 0.236. The molecule has 1 atom stereocenters. The first kappa shape index (κ1) is 18.5. The summed E-state index contributed by atoms with van der Waals surface area (Å²) < 4.78 is 5.35. The highest BCUT2D eigenvalue weighted by Gasteiger charge is 2.19. The van der Waals surface area contributed by atoms with E-state index in [1.54, 1.807) is 0 Å². The molecule has 2 aromatic carbocycles. The fraction of sp³-hybridized carbons (Fsp3) is 0.333. The number of carbonyl (C=O) groups excluding carboxylic acids is 1. The molecule has 1 N–H and O–H groups in total. The van der Waals surface area contributed by atoms with Crippen LogP contribution in [0.1, 0.15) is 45.6 Å². The second-order valence-electron chi connectivity index (χ2n) is 6.85. The molecule has 0 spiro atoms. The monoisotopic (exact) mass is 336 g/mol. The predicted octanol–water partition coefficient (Wildman–Crippen LogP) is 5.72. The maximum atomic E-state index is 12.2. The molecule has 0 radical (unpaired) electrons. The lowest BCUT2D eigenvalue weighted by Gasteiger charge is -2.21. The number of amides is 1. The summed E-state index contributed by atoms with van der Waals surface area (Å²) in [5, 5.41) is 12.3. The van der Waals surface area contributed by atoms with Crippen molar-refractivity contribution in [1.82, 2.24) is 0 Å². The summed E-state index contributed by atoms with van der Waals surface area (Å²) in [7, 11) is 0. The van der Waals surface area contributed by atoms with Crippen LogP contribution in [0, 0.1) is 11.3 Å². The number of anilines is 1. The summed E-state index contributed by atoms with van der Waals surface area (Å²) in [5.74, 6) is -0.189. The Kier molecular flexibility index (Phi) is 5.82. The average Bonchev–Trinajstić information content (AvgIpc) is 2.55. The fourth-order valence-electron chi connectivity index (χ4n) is 2.67. The molecule has 0 fully saturated rings. The Labute approximate surface area is 149 Å². The molecule has 4 nitrogen and oxygen atoms in total. The number of para-hydroxylation sites is 1. The minimum Gasteiger partial charge on any atom is -0.444 e. The molecule has 4 heteroatoms. The average molecular weight is 336 g/mol. The van der Waals surface area contributed by atoms with E-state index in [-0.39, 0.29) is 5.92 Å². The van der Waals surface area contributed by atoms with E-state index in [0.717, 1.165) is 23.1 Å².